The third kappa shape index (κ3) is 5.37. The molecule has 2 atom stereocenters. The SMILES string of the molecule is C[C@@H]1[C@H](NC(=O)/C(=N\OCc2c(CC(=O)[O-])[nH]c3cc(O)c(O)cc3c2=O)c2csc(N)n2)C(=O)N1S(=O)(=O)O. The van der Waals surface area contributed by atoms with Gasteiger partial charge in [0.1, 0.15) is 18.3 Å². The van der Waals surface area contributed by atoms with E-state index in [1.165, 1.54) is 12.3 Å². The molecule has 40 heavy (non-hydrogen) atoms. The number of nitrogens with one attached hydrogen (secondary N) is 2. The smallest absolute Gasteiger partial charge is 0.362 e. The molecule has 1 aliphatic heterocycles. The standard InChI is InChI=1S/C21H20N6O11S2/c1-7-16(20(34)27(7)40(35,36)37)25-19(33)17(12-6-39-21(22)24-12)26-38-5-9-11(4-15(30)31)23-10-3-14(29)13(28)2-8(10)18(9)32/h2-3,6-7,16,28-29H,4-5H2,1H3,(H2,22,24)(H,23,32)(H,25,33)(H,30,31)(H,35,36,37)/p-1/b26-17-/t7-,16+/m1/s1. The lowest BCUT2D eigenvalue weighted by molar-refractivity contribution is -0.304. The monoisotopic (exact) mass is 595 g/mol. The Labute approximate surface area is 227 Å². The fourth-order valence-corrected chi connectivity index (χ4v) is 5.36. The first-order valence-electron chi connectivity index (χ1n) is 11.0. The second-order valence-electron chi connectivity index (χ2n) is 8.43. The molecule has 3 aromatic rings. The second kappa shape index (κ2) is 10.4. The maximum absolute atomic E-state index is 13.1. The number of nitrogen functional groups attached to an aromatic ring is 1. The number of aromatic amines is 1. The van der Waals surface area contributed by atoms with Crippen LogP contribution in [-0.2, 0) is 42.6 Å². The number of aromatic hydroxyl groups is 2. The quantitative estimate of drug-likeness (QED) is 0.0500. The van der Waals surface area contributed by atoms with Crippen LogP contribution in [0.2, 0.25) is 0 Å². The summed E-state index contributed by atoms with van der Waals surface area (Å²) in [7, 11) is -4.84. The lowest BCUT2D eigenvalue weighted by Gasteiger charge is -2.42. The number of aromatic nitrogens is 2. The summed E-state index contributed by atoms with van der Waals surface area (Å²) in [5.41, 5.74) is 3.81. The lowest BCUT2D eigenvalue weighted by Crippen LogP contribution is -2.71. The molecule has 0 spiro atoms. The summed E-state index contributed by atoms with van der Waals surface area (Å²) in [5, 5.41) is 38.0. The van der Waals surface area contributed by atoms with Crippen LogP contribution < -0.4 is 21.6 Å². The van der Waals surface area contributed by atoms with Gasteiger partial charge in [-0.3, -0.25) is 18.9 Å². The van der Waals surface area contributed by atoms with E-state index in [0.717, 1.165) is 23.5 Å². The number of phenols is 2. The molecule has 0 radical (unpaired) electrons. The molecule has 0 saturated carbocycles. The Bertz CT molecular complexity index is 1750. The van der Waals surface area contributed by atoms with Gasteiger partial charge in [-0.25, -0.2) is 9.29 Å². The summed E-state index contributed by atoms with van der Waals surface area (Å²) in [4.78, 5) is 61.3. The minimum atomic E-state index is -4.84. The van der Waals surface area contributed by atoms with Crippen LogP contribution in [0.5, 0.6) is 11.5 Å². The number of β-lactam (4-membered cyclic amide) rings is 1. The van der Waals surface area contributed by atoms with E-state index in [0.29, 0.717) is 0 Å². The first-order chi connectivity index (χ1) is 18.7. The molecule has 2 amide bonds. The number of amides is 2. The topological polar surface area (TPSA) is 278 Å². The number of hydrogen-bond acceptors (Lipinski definition) is 14. The molecule has 1 fully saturated rings. The maximum Gasteiger partial charge on any atom is 0.362 e. The van der Waals surface area contributed by atoms with Crippen molar-refractivity contribution in [2.75, 3.05) is 5.73 Å². The number of H-pyrrole nitrogens is 1. The third-order valence-electron chi connectivity index (χ3n) is 5.82. The Balaban J connectivity index is 1.65. The summed E-state index contributed by atoms with van der Waals surface area (Å²) in [6.07, 6.45) is -0.767. The molecule has 4 rings (SSSR count). The van der Waals surface area contributed by atoms with Gasteiger partial charge in [-0.2, -0.15) is 8.42 Å². The number of pyridine rings is 1. The number of rotatable bonds is 9. The van der Waals surface area contributed by atoms with Crippen LogP contribution in [0.1, 0.15) is 23.9 Å². The van der Waals surface area contributed by atoms with E-state index >= 15 is 0 Å². The van der Waals surface area contributed by atoms with Crippen LogP contribution in [0.15, 0.2) is 27.5 Å². The zero-order valence-corrected chi connectivity index (χ0v) is 21.8. The maximum atomic E-state index is 13.1. The first-order valence-corrected chi connectivity index (χ1v) is 13.3. The number of nitrogens with zero attached hydrogens (tertiary/aromatic N) is 3. The first kappa shape index (κ1) is 28.3. The Kier molecular flexibility index (Phi) is 7.37. The van der Waals surface area contributed by atoms with Crippen LogP contribution >= 0.6 is 11.3 Å². The summed E-state index contributed by atoms with van der Waals surface area (Å²) in [5.74, 6) is -4.88. The molecule has 0 unspecified atom stereocenters. The van der Waals surface area contributed by atoms with Gasteiger partial charge >= 0.3 is 10.3 Å². The van der Waals surface area contributed by atoms with Crippen molar-refractivity contribution in [3.63, 3.8) is 0 Å². The van der Waals surface area contributed by atoms with Crippen LogP contribution in [0, 0.1) is 0 Å². The average molecular weight is 596 g/mol. The number of thiazole rings is 1. The molecule has 1 aliphatic rings. The molecule has 2 aromatic heterocycles. The highest BCUT2D eigenvalue weighted by Crippen LogP contribution is 2.29. The zero-order valence-electron chi connectivity index (χ0n) is 20.1. The molecule has 1 saturated heterocycles. The van der Waals surface area contributed by atoms with E-state index in [1.807, 2.05) is 0 Å². The van der Waals surface area contributed by atoms with Crippen molar-refractivity contribution < 1.29 is 47.5 Å². The minimum Gasteiger partial charge on any atom is -0.550 e. The Morgan fingerprint density at radius 1 is 1.30 bits per heavy atom. The van der Waals surface area contributed by atoms with Crippen molar-refractivity contribution in [2.24, 2.45) is 5.16 Å². The molecule has 1 aromatic carbocycles. The van der Waals surface area contributed by atoms with Gasteiger partial charge in [0.15, 0.2) is 27.8 Å². The highest BCUT2D eigenvalue weighted by atomic mass is 32.2. The molecular formula is C21H19N6O11S2-. The summed E-state index contributed by atoms with van der Waals surface area (Å²) >= 11 is 0.930. The Hall–Kier alpha value is -4.75. The fourth-order valence-electron chi connectivity index (χ4n) is 3.93. The molecule has 0 bridgehead atoms. The highest BCUT2D eigenvalue weighted by Gasteiger charge is 2.51. The van der Waals surface area contributed by atoms with Crippen molar-refractivity contribution in [2.45, 2.75) is 32.0 Å². The number of hydrogen-bond donors (Lipinski definition) is 6. The van der Waals surface area contributed by atoms with Gasteiger partial charge in [-0.15, -0.1) is 11.3 Å². The van der Waals surface area contributed by atoms with E-state index in [4.69, 9.17) is 15.1 Å². The summed E-state index contributed by atoms with van der Waals surface area (Å²) < 4.78 is 32.0. The van der Waals surface area contributed by atoms with Crippen molar-refractivity contribution >= 4 is 61.2 Å². The Morgan fingerprint density at radius 3 is 2.55 bits per heavy atom. The van der Waals surface area contributed by atoms with Crippen LogP contribution in [0.3, 0.4) is 0 Å². The van der Waals surface area contributed by atoms with Crippen molar-refractivity contribution in [1.29, 1.82) is 0 Å². The molecule has 17 nitrogen and oxygen atoms in total. The van der Waals surface area contributed by atoms with Gasteiger partial charge < -0.3 is 41.0 Å². The van der Waals surface area contributed by atoms with E-state index in [2.05, 4.69) is 20.4 Å². The van der Waals surface area contributed by atoms with E-state index in [1.54, 1.807) is 0 Å². The molecule has 212 valence electrons. The van der Waals surface area contributed by atoms with Gasteiger partial charge in [0.25, 0.3) is 11.8 Å². The van der Waals surface area contributed by atoms with Crippen LogP contribution in [0.4, 0.5) is 5.13 Å². The molecule has 7 N–H and O–H groups in total. The van der Waals surface area contributed by atoms with Gasteiger partial charge in [-0.05, 0) is 13.0 Å². The van der Waals surface area contributed by atoms with Crippen LogP contribution in [-0.4, -0.2) is 73.0 Å². The highest BCUT2D eigenvalue weighted by molar-refractivity contribution is 7.84. The van der Waals surface area contributed by atoms with Crippen LogP contribution in [0.25, 0.3) is 10.9 Å². The number of carboxylic acid groups (broad SMARTS) is 1. The number of nitrogens with two attached hydrogens (primary N) is 1. The average Bonchev–Trinajstić information content (AvgIpc) is 3.27. The van der Waals surface area contributed by atoms with E-state index in [9.17, 15) is 42.9 Å². The zero-order chi connectivity index (χ0) is 29.5. The molecule has 0 aliphatic carbocycles. The minimum absolute atomic E-state index is 0.0139. The predicted molar refractivity (Wildman–Crippen MR) is 134 cm³/mol. The summed E-state index contributed by atoms with van der Waals surface area (Å²) in [6, 6.07) is -0.497. The van der Waals surface area contributed by atoms with Gasteiger partial charge in [0, 0.05) is 34.9 Å². The number of carbonyl (C=O) groups is 3. The number of carbonyl (C=O) groups excluding carboxylic acids is 3. The van der Waals surface area contributed by atoms with Gasteiger partial charge in [0.05, 0.1) is 17.1 Å². The van der Waals surface area contributed by atoms with Gasteiger partial charge in [-0.1, -0.05) is 5.16 Å². The molecule has 19 heteroatoms. The fraction of sp³-hybridized carbons (Fsp3) is 0.238. The number of fused-ring (bicyclic) bond motifs is 1. The van der Waals surface area contributed by atoms with E-state index in [-0.39, 0.29) is 37.3 Å². The van der Waals surface area contributed by atoms with E-state index < -0.39 is 75.8 Å². The number of phenolic OH excluding ortho intramolecular Hbond substituents is 2. The Morgan fingerprint density at radius 2 is 1.98 bits per heavy atom. The number of aliphatic carboxylic acids is 1. The number of benzene rings is 1. The predicted octanol–water partition coefficient (Wildman–Crippen LogP) is -2.29. The normalized spacial score (nSPS) is 17.5. The second-order valence-corrected chi connectivity index (χ2v) is 10.6. The van der Waals surface area contributed by atoms with Crippen molar-refractivity contribution in [3.05, 3.63) is 44.7 Å². The number of anilines is 1. The van der Waals surface area contributed by atoms with Gasteiger partial charge in [0.2, 0.25) is 0 Å². The molecular weight excluding hydrogens is 576 g/mol. The number of carboxylic acids is 1. The van der Waals surface area contributed by atoms with Crippen molar-refractivity contribution in [3.8, 4) is 11.5 Å². The third-order valence-corrected chi connectivity index (χ3v) is 7.50. The summed E-state index contributed by atoms with van der Waals surface area (Å²) in [6.45, 7) is 0.567. The lowest BCUT2D eigenvalue weighted by atomic mass is 10.0. The van der Waals surface area contributed by atoms with Crippen molar-refractivity contribution in [1.82, 2.24) is 19.6 Å². The largest absolute Gasteiger partial charge is 0.550 e. The number of oxime groups is 1. The molecule has 3 heterocycles.